The van der Waals surface area contributed by atoms with Gasteiger partial charge in [0.25, 0.3) is 5.91 Å². The van der Waals surface area contributed by atoms with Crippen molar-refractivity contribution in [2.45, 2.75) is 26.2 Å². The van der Waals surface area contributed by atoms with Crippen molar-refractivity contribution in [3.63, 3.8) is 0 Å². The maximum Gasteiger partial charge on any atom is 0.305 e. The summed E-state index contributed by atoms with van der Waals surface area (Å²) in [5, 5.41) is 20.3. The average Bonchev–Trinajstić information content (AvgIpc) is 3.04. The second-order valence-electron chi connectivity index (χ2n) is 7.34. The Morgan fingerprint density at radius 1 is 1.15 bits per heavy atom. The summed E-state index contributed by atoms with van der Waals surface area (Å²) < 4.78 is 44.0. The van der Waals surface area contributed by atoms with Crippen molar-refractivity contribution in [3.8, 4) is 5.75 Å². The number of aromatic hydroxyl groups is 1. The molecule has 0 aliphatic rings. The molecule has 0 bridgehead atoms. The first-order chi connectivity index (χ1) is 15.5. The van der Waals surface area contributed by atoms with Crippen molar-refractivity contribution in [2.24, 2.45) is 0 Å². The molecule has 0 aliphatic carbocycles. The number of nitrogens with zero attached hydrogens (tertiary/aromatic N) is 1. The fourth-order valence-corrected chi connectivity index (χ4v) is 3.76. The number of halogens is 4. The van der Waals surface area contributed by atoms with E-state index in [2.05, 4.69) is 5.32 Å². The highest BCUT2D eigenvalue weighted by molar-refractivity contribution is 6.30. The third-order valence-electron chi connectivity index (χ3n) is 5.24. The highest BCUT2D eigenvalue weighted by Crippen LogP contribution is 2.38. The summed E-state index contributed by atoms with van der Waals surface area (Å²) in [4.78, 5) is 36.5. The van der Waals surface area contributed by atoms with Gasteiger partial charge in [0.2, 0.25) is 5.91 Å². The highest BCUT2D eigenvalue weighted by Gasteiger charge is 2.31. The van der Waals surface area contributed by atoms with Crippen LogP contribution in [0.15, 0.2) is 24.3 Å². The van der Waals surface area contributed by atoms with Gasteiger partial charge in [0, 0.05) is 29.3 Å². The number of benzene rings is 2. The number of phenols is 1. The van der Waals surface area contributed by atoms with E-state index in [0.29, 0.717) is 0 Å². The van der Waals surface area contributed by atoms with Crippen LogP contribution in [0.4, 0.5) is 13.2 Å². The van der Waals surface area contributed by atoms with Crippen LogP contribution in [-0.2, 0) is 9.59 Å². The second-order valence-corrected chi connectivity index (χ2v) is 7.75. The zero-order valence-electron chi connectivity index (χ0n) is 17.4. The molecule has 0 fully saturated rings. The predicted molar refractivity (Wildman–Crippen MR) is 113 cm³/mol. The van der Waals surface area contributed by atoms with E-state index in [9.17, 15) is 32.7 Å². The van der Waals surface area contributed by atoms with E-state index in [-0.39, 0.29) is 45.7 Å². The number of carbonyl (C=O) groups is 3. The summed E-state index contributed by atoms with van der Waals surface area (Å²) in [7, 11) is 0. The van der Waals surface area contributed by atoms with Crippen LogP contribution in [0, 0.1) is 24.4 Å². The van der Waals surface area contributed by atoms with E-state index in [0.717, 1.165) is 22.8 Å². The van der Waals surface area contributed by atoms with E-state index in [4.69, 9.17) is 16.7 Å². The van der Waals surface area contributed by atoms with E-state index in [1.54, 1.807) is 0 Å². The number of rotatable bonds is 6. The molecule has 1 atom stereocenters. The highest BCUT2D eigenvalue weighted by atomic mass is 35.5. The van der Waals surface area contributed by atoms with Gasteiger partial charge in [-0.2, -0.15) is 0 Å². The lowest BCUT2D eigenvalue weighted by molar-refractivity contribution is -0.136. The first-order valence-corrected chi connectivity index (χ1v) is 10.0. The Bertz CT molecular complexity index is 1310. The average molecular weight is 483 g/mol. The molecular weight excluding hydrogens is 465 g/mol. The van der Waals surface area contributed by atoms with Gasteiger partial charge in [-0.05, 0) is 37.6 Å². The summed E-state index contributed by atoms with van der Waals surface area (Å²) in [6, 6.07) is 3.99. The molecular formula is C22H18ClF3N2O5. The number of hydrogen-bond donors (Lipinski definition) is 3. The molecule has 0 spiro atoms. The number of carboxylic acid groups (broad SMARTS) is 1. The minimum atomic E-state index is -1.37. The van der Waals surface area contributed by atoms with Crippen molar-refractivity contribution >= 4 is 40.3 Å². The van der Waals surface area contributed by atoms with Crippen molar-refractivity contribution in [1.29, 1.82) is 0 Å². The first-order valence-electron chi connectivity index (χ1n) is 9.66. The predicted octanol–water partition coefficient (Wildman–Crippen LogP) is 4.11. The standard InChI is InChI=1S/C22H18ClF3N2O5/c1-9(21(32)27-6-5-16(29)30)17-10(2)28(15-8-14(25)20(31)19(26)18(15)17)22(33)11-3-4-12(23)13(24)7-11/h3-4,7-9,31H,5-6H2,1-2H3,(H,27,32)(H,29,30)/t9-/m0/s1. The molecule has 3 rings (SSSR count). The van der Waals surface area contributed by atoms with Crippen molar-refractivity contribution in [3.05, 3.63) is 63.6 Å². The molecule has 1 aromatic heterocycles. The largest absolute Gasteiger partial charge is 0.503 e. The van der Waals surface area contributed by atoms with Gasteiger partial charge in [-0.25, -0.2) is 13.2 Å². The third kappa shape index (κ3) is 4.38. The number of hydrogen-bond acceptors (Lipinski definition) is 4. The van der Waals surface area contributed by atoms with Crippen molar-refractivity contribution in [2.75, 3.05) is 6.54 Å². The number of phenolic OH excluding ortho intramolecular Hbond substituents is 1. The van der Waals surface area contributed by atoms with Crippen molar-refractivity contribution < 1.29 is 37.8 Å². The molecule has 7 nitrogen and oxygen atoms in total. The van der Waals surface area contributed by atoms with Gasteiger partial charge in [0.05, 0.1) is 22.9 Å². The molecule has 0 radical (unpaired) electrons. The number of nitrogens with one attached hydrogen (secondary N) is 1. The lowest BCUT2D eigenvalue weighted by Crippen LogP contribution is -2.30. The Hall–Kier alpha value is -3.53. The van der Waals surface area contributed by atoms with Crippen LogP contribution in [0.25, 0.3) is 10.9 Å². The van der Waals surface area contributed by atoms with Crippen LogP contribution < -0.4 is 5.32 Å². The second kappa shape index (κ2) is 9.14. The zero-order chi connectivity index (χ0) is 24.6. The summed E-state index contributed by atoms with van der Waals surface area (Å²) in [5.74, 6) is -8.64. The monoisotopic (exact) mass is 482 g/mol. The SMILES string of the molecule is Cc1c([C@H](C)C(=O)NCCC(=O)O)c2c(F)c(O)c(F)cc2n1C(=O)c1ccc(Cl)c(F)c1. The molecule has 0 saturated carbocycles. The molecule has 0 saturated heterocycles. The maximum absolute atomic E-state index is 15.0. The number of aliphatic carboxylic acids is 1. The van der Waals surface area contributed by atoms with E-state index in [1.165, 1.54) is 19.9 Å². The molecule has 11 heteroatoms. The maximum atomic E-state index is 15.0. The molecule has 33 heavy (non-hydrogen) atoms. The Morgan fingerprint density at radius 3 is 2.42 bits per heavy atom. The molecule has 3 aromatic rings. The summed E-state index contributed by atoms with van der Waals surface area (Å²) >= 11 is 5.66. The Balaban J connectivity index is 2.20. The van der Waals surface area contributed by atoms with Crippen LogP contribution >= 0.6 is 11.6 Å². The van der Waals surface area contributed by atoms with Gasteiger partial charge in [-0.15, -0.1) is 0 Å². The van der Waals surface area contributed by atoms with Gasteiger partial charge in [-0.1, -0.05) is 11.6 Å². The quantitative estimate of drug-likeness (QED) is 0.490. The van der Waals surface area contributed by atoms with E-state index >= 15 is 0 Å². The molecule has 3 N–H and O–H groups in total. The van der Waals surface area contributed by atoms with Gasteiger partial charge < -0.3 is 15.5 Å². The lowest BCUT2D eigenvalue weighted by Gasteiger charge is -2.14. The van der Waals surface area contributed by atoms with Gasteiger partial charge >= 0.3 is 5.97 Å². The zero-order valence-corrected chi connectivity index (χ0v) is 18.1. The van der Waals surface area contributed by atoms with Gasteiger partial charge in [-0.3, -0.25) is 19.0 Å². The smallest absolute Gasteiger partial charge is 0.305 e. The number of carbonyl (C=O) groups excluding carboxylic acids is 2. The van der Waals surface area contributed by atoms with Crippen LogP contribution in [0.3, 0.4) is 0 Å². The number of fused-ring (bicyclic) bond motifs is 1. The summed E-state index contributed by atoms with van der Waals surface area (Å²) in [5.41, 5.74) is -0.416. The third-order valence-corrected chi connectivity index (χ3v) is 5.55. The fourth-order valence-electron chi connectivity index (χ4n) is 3.64. The van der Waals surface area contributed by atoms with Gasteiger partial charge in [0.1, 0.15) is 5.82 Å². The van der Waals surface area contributed by atoms with Crippen LogP contribution in [0.1, 0.15) is 40.9 Å². The molecule has 1 heterocycles. The first kappa shape index (κ1) is 24.1. The number of aromatic nitrogens is 1. The summed E-state index contributed by atoms with van der Waals surface area (Å²) in [6.07, 6.45) is -0.347. The Morgan fingerprint density at radius 2 is 1.82 bits per heavy atom. The normalized spacial score (nSPS) is 12.1. The van der Waals surface area contributed by atoms with E-state index < -0.39 is 46.9 Å². The number of amides is 1. The van der Waals surface area contributed by atoms with Crippen molar-refractivity contribution in [1.82, 2.24) is 9.88 Å². The fraction of sp³-hybridized carbons (Fsp3) is 0.227. The molecule has 1 amide bonds. The molecule has 2 aromatic carbocycles. The van der Waals surface area contributed by atoms with Crippen LogP contribution in [0.5, 0.6) is 5.75 Å². The van der Waals surface area contributed by atoms with Gasteiger partial charge in [0.15, 0.2) is 17.4 Å². The summed E-state index contributed by atoms with van der Waals surface area (Å²) in [6.45, 7) is 2.57. The van der Waals surface area contributed by atoms with Crippen LogP contribution in [0.2, 0.25) is 5.02 Å². The Kier molecular flexibility index (Phi) is 6.68. The minimum absolute atomic E-state index is 0.0200. The van der Waals surface area contributed by atoms with E-state index in [1.807, 2.05) is 0 Å². The molecule has 0 unspecified atom stereocenters. The molecule has 174 valence electrons. The number of carboxylic acids is 1. The van der Waals surface area contributed by atoms with Crippen LogP contribution in [-0.4, -0.2) is 39.1 Å². The lowest BCUT2D eigenvalue weighted by atomic mass is 9.96. The minimum Gasteiger partial charge on any atom is -0.503 e. The Labute approximate surface area is 190 Å². The molecule has 0 aliphatic heterocycles. The topological polar surface area (TPSA) is 109 Å².